The smallest absolute Gasteiger partial charge is 0.290 e. The molecule has 4 amide bonds. The van der Waals surface area contributed by atoms with Gasteiger partial charge in [0.25, 0.3) is 6.47 Å². The molecular formula is C31H60N4O11. The number of carbonyl (C=O) groups excluding carboxylic acids is 5. The molecule has 1 fully saturated rings. The van der Waals surface area contributed by atoms with Gasteiger partial charge in [0, 0.05) is 38.5 Å². The van der Waals surface area contributed by atoms with E-state index >= 15 is 0 Å². The van der Waals surface area contributed by atoms with Gasteiger partial charge in [-0.25, -0.2) is 0 Å². The van der Waals surface area contributed by atoms with E-state index in [1.165, 1.54) is 6.42 Å². The Kier molecular flexibility index (Phi) is 37.3. The molecule has 1 aliphatic rings. The fourth-order valence-electron chi connectivity index (χ4n) is 3.59. The van der Waals surface area contributed by atoms with Gasteiger partial charge in [-0.05, 0) is 26.2 Å². The summed E-state index contributed by atoms with van der Waals surface area (Å²) < 4.78 is 21.1. The maximum absolute atomic E-state index is 12.5. The highest BCUT2D eigenvalue weighted by atomic mass is 16.5. The normalized spacial score (nSPS) is 13.7. The highest BCUT2D eigenvalue weighted by Crippen LogP contribution is 2.19. The lowest BCUT2D eigenvalue weighted by atomic mass is 10.1. The predicted octanol–water partition coefficient (Wildman–Crippen LogP) is 1.31. The monoisotopic (exact) mass is 664 g/mol. The van der Waals surface area contributed by atoms with E-state index in [4.69, 9.17) is 28.8 Å². The Bertz CT molecular complexity index is 788. The number of rotatable bonds is 23. The van der Waals surface area contributed by atoms with Gasteiger partial charge in [-0.1, -0.05) is 41.0 Å². The van der Waals surface area contributed by atoms with E-state index in [1.54, 1.807) is 11.8 Å². The van der Waals surface area contributed by atoms with Crippen LogP contribution in [0.5, 0.6) is 0 Å². The van der Waals surface area contributed by atoms with Gasteiger partial charge in [-0.3, -0.25) is 28.8 Å². The third-order valence-electron chi connectivity index (χ3n) is 5.77. The van der Waals surface area contributed by atoms with Crippen molar-refractivity contribution < 1.29 is 52.8 Å². The summed E-state index contributed by atoms with van der Waals surface area (Å²) >= 11 is 0. The van der Waals surface area contributed by atoms with E-state index in [0.29, 0.717) is 65.1 Å². The third-order valence-corrected chi connectivity index (χ3v) is 5.77. The van der Waals surface area contributed by atoms with Gasteiger partial charge in [-0.2, -0.15) is 0 Å². The number of Topliss-reactive ketones (excluding diaryl/α,β-unsaturated/α-hetero) is 1. The number of carboxylic acid groups (broad SMARTS) is 1. The van der Waals surface area contributed by atoms with E-state index in [1.807, 2.05) is 20.8 Å². The Labute approximate surface area is 274 Å². The first-order valence-corrected chi connectivity index (χ1v) is 16.2. The van der Waals surface area contributed by atoms with Crippen molar-refractivity contribution in [3.05, 3.63) is 0 Å². The number of nitrogens with one attached hydrogen (secondary N) is 3. The molecule has 1 rings (SSSR count). The van der Waals surface area contributed by atoms with Gasteiger partial charge >= 0.3 is 0 Å². The molecule has 0 bridgehead atoms. The Morgan fingerprint density at radius 1 is 0.870 bits per heavy atom. The number of hydrogen-bond acceptors (Lipinski definition) is 10. The Hall–Kier alpha value is -3.14. The minimum atomic E-state index is -0.478. The summed E-state index contributed by atoms with van der Waals surface area (Å²) in [7, 11) is 0. The van der Waals surface area contributed by atoms with Crippen LogP contribution >= 0.6 is 0 Å². The predicted molar refractivity (Wildman–Crippen MR) is 173 cm³/mol. The molecule has 270 valence electrons. The lowest BCUT2D eigenvalue weighted by molar-refractivity contribution is -0.138. The summed E-state index contributed by atoms with van der Waals surface area (Å²) in [5.41, 5.74) is 0. The second-order valence-electron chi connectivity index (χ2n) is 9.65. The number of nitrogens with zero attached hydrogens (tertiary/aromatic N) is 1. The zero-order valence-corrected chi connectivity index (χ0v) is 28.8. The topological polar surface area (TPSA) is 199 Å². The molecule has 0 radical (unpaired) electrons. The van der Waals surface area contributed by atoms with Crippen molar-refractivity contribution in [3.63, 3.8) is 0 Å². The molecule has 0 aromatic carbocycles. The van der Waals surface area contributed by atoms with Gasteiger partial charge in [0.05, 0.1) is 39.6 Å². The molecule has 1 saturated heterocycles. The van der Waals surface area contributed by atoms with Crippen LogP contribution in [0.4, 0.5) is 0 Å². The minimum Gasteiger partial charge on any atom is -0.483 e. The fourth-order valence-corrected chi connectivity index (χ4v) is 3.59. The van der Waals surface area contributed by atoms with Gasteiger partial charge in [0.1, 0.15) is 19.3 Å². The quantitative estimate of drug-likeness (QED) is 0.0907. The van der Waals surface area contributed by atoms with Crippen LogP contribution in [0.25, 0.3) is 0 Å². The molecule has 2 unspecified atom stereocenters. The first-order chi connectivity index (χ1) is 22.2. The number of hydrogen-bond donors (Lipinski definition) is 4. The summed E-state index contributed by atoms with van der Waals surface area (Å²) in [5, 5.41) is 15.0. The number of likely N-dealkylation sites (tertiary alicyclic amines) is 1. The zero-order valence-electron chi connectivity index (χ0n) is 28.8. The van der Waals surface area contributed by atoms with E-state index in [9.17, 15) is 24.0 Å². The average molecular weight is 665 g/mol. The van der Waals surface area contributed by atoms with Crippen LogP contribution < -0.4 is 16.0 Å². The molecule has 15 heteroatoms. The Morgan fingerprint density at radius 3 is 1.93 bits per heavy atom. The molecule has 0 spiro atoms. The van der Waals surface area contributed by atoms with Crippen molar-refractivity contribution in [2.24, 2.45) is 0 Å². The second-order valence-corrected chi connectivity index (χ2v) is 9.65. The maximum Gasteiger partial charge on any atom is 0.290 e. The highest BCUT2D eigenvalue weighted by Gasteiger charge is 2.33. The molecule has 0 aliphatic carbocycles. The van der Waals surface area contributed by atoms with Crippen molar-refractivity contribution in [2.75, 3.05) is 72.5 Å². The maximum atomic E-state index is 12.5. The van der Waals surface area contributed by atoms with Gasteiger partial charge in [0.15, 0.2) is 5.78 Å². The van der Waals surface area contributed by atoms with Crippen molar-refractivity contribution >= 4 is 36.4 Å². The molecule has 0 aromatic heterocycles. The first kappa shape index (κ1) is 47.3. The summed E-state index contributed by atoms with van der Waals surface area (Å²) in [4.78, 5) is 68.2. The average Bonchev–Trinajstić information content (AvgIpc) is 3.54. The number of carbonyl (C=O) groups is 6. The minimum absolute atomic E-state index is 0.0446. The van der Waals surface area contributed by atoms with E-state index < -0.39 is 6.04 Å². The standard InChI is InChI=1S/C25H44N4O9.C3H8.C2H6.CH2O2/c1-3-21(31)17-37-15-13-35-11-8-26-23(32)18-38-16-14-36-12-9-27-25(34)22-5-4-10-29(22)24(33)7-6-20(2)28-19-30;1-3-2;1-2;2-1-3/h19-20,22H,3-18H2,1-2H3,(H,26,32)(H,27,34)(H,28,30);3H2,1-2H3;1-2H3;1H,(H,2,3). The lowest BCUT2D eigenvalue weighted by Crippen LogP contribution is -2.46. The van der Waals surface area contributed by atoms with Crippen LogP contribution in [0.2, 0.25) is 0 Å². The van der Waals surface area contributed by atoms with Gasteiger partial charge < -0.3 is 44.9 Å². The molecular weight excluding hydrogens is 604 g/mol. The Morgan fingerprint density at radius 2 is 1.39 bits per heavy atom. The number of amides is 4. The zero-order chi connectivity index (χ0) is 35.4. The van der Waals surface area contributed by atoms with Crippen LogP contribution in [0.3, 0.4) is 0 Å². The fraction of sp³-hybridized carbons (Fsp3) is 0.806. The van der Waals surface area contributed by atoms with Crippen molar-refractivity contribution in [1.29, 1.82) is 0 Å². The molecule has 0 aromatic rings. The molecule has 46 heavy (non-hydrogen) atoms. The van der Waals surface area contributed by atoms with E-state index in [0.717, 1.165) is 6.42 Å². The summed E-state index contributed by atoms with van der Waals surface area (Å²) in [6, 6.07) is -0.573. The largest absolute Gasteiger partial charge is 0.483 e. The van der Waals surface area contributed by atoms with E-state index in [-0.39, 0.29) is 75.5 Å². The summed E-state index contributed by atoms with van der Waals surface area (Å²) in [6.45, 7) is 14.6. The molecule has 15 nitrogen and oxygen atoms in total. The SMILES string of the molecule is CC.CCC.CCC(=O)COCCOCCNC(=O)COCCOCCNC(=O)C1CCCN1C(=O)CCC(C)NC=O.O=CO. The summed E-state index contributed by atoms with van der Waals surface area (Å²) in [6.07, 6.45) is 4.52. The Balaban J connectivity index is -0.00000209. The van der Waals surface area contributed by atoms with E-state index in [2.05, 4.69) is 29.8 Å². The molecule has 4 N–H and O–H groups in total. The van der Waals surface area contributed by atoms with Crippen LogP contribution in [-0.4, -0.2) is 131 Å². The molecule has 0 saturated carbocycles. The van der Waals surface area contributed by atoms with Crippen molar-refractivity contribution in [3.8, 4) is 0 Å². The molecule has 2 atom stereocenters. The summed E-state index contributed by atoms with van der Waals surface area (Å²) in [5.74, 6) is -0.508. The number of ketones is 1. The van der Waals surface area contributed by atoms with Crippen LogP contribution in [-0.2, 0) is 47.7 Å². The lowest BCUT2D eigenvalue weighted by Gasteiger charge is -2.24. The van der Waals surface area contributed by atoms with Gasteiger partial charge in [-0.15, -0.1) is 0 Å². The number of ether oxygens (including phenoxy) is 4. The second kappa shape index (κ2) is 36.3. The highest BCUT2D eigenvalue weighted by molar-refractivity contribution is 5.88. The third kappa shape index (κ3) is 29.6. The van der Waals surface area contributed by atoms with Crippen LogP contribution in [0, 0.1) is 0 Å². The molecule has 1 heterocycles. The van der Waals surface area contributed by atoms with Gasteiger partial charge in [0.2, 0.25) is 24.1 Å². The molecule has 1 aliphatic heterocycles. The van der Waals surface area contributed by atoms with Crippen molar-refractivity contribution in [2.45, 2.75) is 92.2 Å². The first-order valence-electron chi connectivity index (χ1n) is 16.2. The van der Waals surface area contributed by atoms with Crippen LogP contribution in [0.15, 0.2) is 0 Å². The van der Waals surface area contributed by atoms with Crippen LogP contribution in [0.1, 0.15) is 80.1 Å². The van der Waals surface area contributed by atoms with Crippen molar-refractivity contribution in [1.82, 2.24) is 20.9 Å².